The van der Waals surface area contributed by atoms with Crippen LogP contribution in [-0.2, 0) is 28.5 Å². The van der Waals surface area contributed by atoms with Crippen LogP contribution in [0.4, 0.5) is 0 Å². The lowest BCUT2D eigenvalue weighted by molar-refractivity contribution is -0.231. The molecule has 1 aromatic rings. The number of allylic oxidation sites excluding steroid dienone is 4. The monoisotopic (exact) mass is 428 g/mol. The number of esters is 1. The molecule has 0 bridgehead atoms. The van der Waals surface area contributed by atoms with Crippen molar-refractivity contribution in [1.29, 1.82) is 0 Å². The summed E-state index contributed by atoms with van der Waals surface area (Å²) in [5.74, 6) is 0.186. The predicted molar refractivity (Wildman–Crippen MR) is 117 cm³/mol. The molecular formula is C25H32O6. The fourth-order valence-corrected chi connectivity index (χ4v) is 4.16. The number of fused-ring (bicyclic) bond motifs is 1. The molecule has 1 aliphatic heterocycles. The van der Waals surface area contributed by atoms with Gasteiger partial charge in [-0.15, -0.1) is 0 Å². The second-order valence-corrected chi connectivity index (χ2v) is 8.69. The van der Waals surface area contributed by atoms with Crippen molar-refractivity contribution in [2.24, 2.45) is 5.41 Å². The van der Waals surface area contributed by atoms with Gasteiger partial charge in [-0.25, -0.2) is 4.79 Å². The van der Waals surface area contributed by atoms with E-state index in [0.717, 1.165) is 11.1 Å². The van der Waals surface area contributed by atoms with Gasteiger partial charge < -0.3 is 23.7 Å². The lowest BCUT2D eigenvalue weighted by Gasteiger charge is -2.44. The van der Waals surface area contributed by atoms with Crippen LogP contribution in [0.15, 0.2) is 66.0 Å². The molecule has 6 heteroatoms. The van der Waals surface area contributed by atoms with Gasteiger partial charge in [-0.2, -0.15) is 0 Å². The third-order valence-corrected chi connectivity index (χ3v) is 5.60. The van der Waals surface area contributed by atoms with E-state index in [1.807, 2.05) is 49.4 Å². The third kappa shape index (κ3) is 5.09. The second-order valence-electron chi connectivity index (χ2n) is 8.69. The van der Waals surface area contributed by atoms with Gasteiger partial charge in [0.25, 0.3) is 0 Å². The second kappa shape index (κ2) is 9.39. The third-order valence-electron chi connectivity index (χ3n) is 5.60. The molecule has 1 aliphatic carbocycles. The van der Waals surface area contributed by atoms with E-state index in [-0.39, 0.29) is 5.41 Å². The highest BCUT2D eigenvalue weighted by molar-refractivity contribution is 5.77. The first-order valence-corrected chi connectivity index (χ1v) is 10.4. The molecule has 1 fully saturated rings. The van der Waals surface area contributed by atoms with Gasteiger partial charge in [0.2, 0.25) is 0 Å². The molecule has 3 rings (SSSR count). The van der Waals surface area contributed by atoms with E-state index in [4.69, 9.17) is 23.7 Å². The predicted octanol–water partition coefficient (Wildman–Crippen LogP) is 4.49. The van der Waals surface area contributed by atoms with E-state index >= 15 is 0 Å². The molecule has 0 radical (unpaired) electrons. The highest BCUT2D eigenvalue weighted by Crippen LogP contribution is 2.43. The number of methoxy groups -OCH3 is 3. The van der Waals surface area contributed by atoms with Crippen molar-refractivity contribution in [3.8, 4) is 0 Å². The molecule has 168 valence electrons. The van der Waals surface area contributed by atoms with Crippen molar-refractivity contribution in [3.05, 3.63) is 71.5 Å². The Morgan fingerprint density at radius 3 is 2.35 bits per heavy atom. The van der Waals surface area contributed by atoms with Gasteiger partial charge >= 0.3 is 5.97 Å². The van der Waals surface area contributed by atoms with Gasteiger partial charge in [-0.1, -0.05) is 62.4 Å². The molecule has 0 amide bonds. The average Bonchev–Trinajstić information content (AvgIpc) is 2.87. The van der Waals surface area contributed by atoms with Crippen LogP contribution in [0.25, 0.3) is 0 Å². The molecule has 0 N–H and O–H groups in total. The normalized spacial score (nSPS) is 25.6. The zero-order chi connectivity index (χ0) is 22.6. The van der Waals surface area contributed by atoms with Crippen molar-refractivity contribution >= 4 is 5.97 Å². The highest BCUT2D eigenvalue weighted by atomic mass is 16.7. The Balaban J connectivity index is 1.96. The minimum Gasteiger partial charge on any atom is -0.482 e. The summed E-state index contributed by atoms with van der Waals surface area (Å²) in [5, 5.41) is 0. The summed E-state index contributed by atoms with van der Waals surface area (Å²) in [5.41, 5.74) is 0.492. The Hall–Kier alpha value is -2.41. The van der Waals surface area contributed by atoms with Crippen LogP contribution in [0.5, 0.6) is 0 Å². The largest absolute Gasteiger partial charge is 0.482 e. The number of hydrogen-bond donors (Lipinski definition) is 0. The maximum Gasteiger partial charge on any atom is 0.340 e. The zero-order valence-electron chi connectivity index (χ0n) is 19.1. The molecular weight excluding hydrogens is 396 g/mol. The van der Waals surface area contributed by atoms with Crippen molar-refractivity contribution in [1.82, 2.24) is 0 Å². The highest BCUT2D eigenvalue weighted by Gasteiger charge is 2.48. The van der Waals surface area contributed by atoms with E-state index in [1.54, 1.807) is 14.2 Å². The van der Waals surface area contributed by atoms with Crippen LogP contribution < -0.4 is 0 Å². The van der Waals surface area contributed by atoms with Gasteiger partial charge in [-0.05, 0) is 18.6 Å². The van der Waals surface area contributed by atoms with Crippen LogP contribution in [-0.4, -0.2) is 45.3 Å². The molecule has 0 spiro atoms. The fourth-order valence-electron chi connectivity index (χ4n) is 4.16. The topological polar surface area (TPSA) is 63.2 Å². The van der Waals surface area contributed by atoms with Crippen LogP contribution >= 0.6 is 0 Å². The first kappa shape index (κ1) is 23.3. The molecule has 1 heterocycles. The SMILES string of the molecule is COC(C(=O)OC1CC(C)(C(OC)OC)OC2=CC=CC(C)(C)C=C21)c1ccccc1. The zero-order valence-corrected chi connectivity index (χ0v) is 19.1. The lowest BCUT2D eigenvalue weighted by Crippen LogP contribution is -2.51. The van der Waals surface area contributed by atoms with E-state index < -0.39 is 30.1 Å². The first-order chi connectivity index (χ1) is 14.7. The molecule has 3 atom stereocenters. The molecule has 0 aromatic heterocycles. The summed E-state index contributed by atoms with van der Waals surface area (Å²) in [6.07, 6.45) is 6.38. The molecule has 1 aromatic carbocycles. The molecule has 6 nitrogen and oxygen atoms in total. The molecule has 31 heavy (non-hydrogen) atoms. The van der Waals surface area contributed by atoms with Gasteiger partial charge in [-0.3, -0.25) is 0 Å². The Kier molecular flexibility index (Phi) is 7.04. The summed E-state index contributed by atoms with van der Waals surface area (Å²) in [6, 6.07) is 9.32. The lowest BCUT2D eigenvalue weighted by atomic mass is 9.84. The van der Waals surface area contributed by atoms with Gasteiger partial charge in [0.15, 0.2) is 18.0 Å². The Bertz CT molecular complexity index is 865. The quantitative estimate of drug-likeness (QED) is 0.471. The van der Waals surface area contributed by atoms with E-state index in [9.17, 15) is 4.79 Å². The van der Waals surface area contributed by atoms with Gasteiger partial charge in [0, 0.05) is 38.7 Å². The smallest absolute Gasteiger partial charge is 0.340 e. The van der Waals surface area contributed by atoms with Crippen molar-refractivity contribution in [2.45, 2.75) is 51.3 Å². The van der Waals surface area contributed by atoms with Crippen LogP contribution in [0, 0.1) is 5.41 Å². The Morgan fingerprint density at radius 2 is 1.74 bits per heavy atom. The molecule has 2 aliphatic rings. The summed E-state index contributed by atoms with van der Waals surface area (Å²) < 4.78 is 28.9. The van der Waals surface area contributed by atoms with E-state index in [1.165, 1.54) is 7.11 Å². The summed E-state index contributed by atoms with van der Waals surface area (Å²) in [4.78, 5) is 13.2. The molecule has 1 saturated heterocycles. The first-order valence-electron chi connectivity index (χ1n) is 10.4. The molecule has 3 unspecified atom stereocenters. The van der Waals surface area contributed by atoms with Crippen molar-refractivity contribution in [2.75, 3.05) is 21.3 Å². The minimum atomic E-state index is -0.852. The Morgan fingerprint density at radius 1 is 1.06 bits per heavy atom. The summed E-state index contributed by atoms with van der Waals surface area (Å²) in [6.45, 7) is 6.08. The summed E-state index contributed by atoms with van der Waals surface area (Å²) in [7, 11) is 4.63. The fraction of sp³-hybridized carbons (Fsp3) is 0.480. The van der Waals surface area contributed by atoms with Crippen LogP contribution in [0.3, 0.4) is 0 Å². The summed E-state index contributed by atoms with van der Waals surface area (Å²) >= 11 is 0. The van der Waals surface area contributed by atoms with E-state index in [0.29, 0.717) is 12.2 Å². The molecule has 0 saturated carbocycles. The number of hydrogen-bond acceptors (Lipinski definition) is 6. The Labute approximate surface area is 184 Å². The van der Waals surface area contributed by atoms with Crippen LogP contribution in [0.1, 0.15) is 38.9 Å². The van der Waals surface area contributed by atoms with E-state index in [2.05, 4.69) is 26.0 Å². The number of carbonyl (C=O) groups excluding carboxylic acids is 1. The minimum absolute atomic E-state index is 0.225. The van der Waals surface area contributed by atoms with Crippen LogP contribution in [0.2, 0.25) is 0 Å². The van der Waals surface area contributed by atoms with Crippen molar-refractivity contribution in [3.63, 3.8) is 0 Å². The maximum absolute atomic E-state index is 13.2. The van der Waals surface area contributed by atoms with Crippen molar-refractivity contribution < 1.29 is 28.5 Å². The number of ether oxygens (including phenoxy) is 5. The number of benzene rings is 1. The standard InChI is InChI=1S/C25H32O6/c1-24(2)14-10-13-19-18(15-24)20(16-25(3,31-19)23(28-5)29-6)30-22(26)21(27-4)17-11-8-7-9-12-17/h7-15,20-21,23H,16H2,1-6H3. The number of carbonyl (C=O) groups is 1. The van der Waals surface area contributed by atoms with Gasteiger partial charge in [0.1, 0.15) is 11.9 Å². The number of rotatable bonds is 7. The van der Waals surface area contributed by atoms with Gasteiger partial charge in [0.05, 0.1) is 0 Å². The average molecular weight is 429 g/mol. The maximum atomic E-state index is 13.2.